The minimum Gasteiger partial charge on any atom is -0.497 e. The molecule has 0 amide bonds. The van der Waals surface area contributed by atoms with E-state index >= 15 is 0 Å². The molecule has 1 aromatic heterocycles. The molecule has 3 aromatic rings. The number of hydrogen-bond donors (Lipinski definition) is 0. The van der Waals surface area contributed by atoms with Gasteiger partial charge in [0.05, 0.1) is 18.1 Å². The van der Waals surface area contributed by atoms with Crippen LogP contribution in [-0.4, -0.2) is 43.4 Å². The van der Waals surface area contributed by atoms with Crippen LogP contribution in [0.5, 0.6) is 11.5 Å². The van der Waals surface area contributed by atoms with E-state index in [1.807, 2.05) is 30.3 Å². The van der Waals surface area contributed by atoms with Gasteiger partial charge in [-0.1, -0.05) is 23.7 Å². The zero-order valence-corrected chi connectivity index (χ0v) is 17.1. The predicted octanol–water partition coefficient (Wildman–Crippen LogP) is 4.77. The lowest BCUT2D eigenvalue weighted by molar-refractivity contribution is 0.183. The minimum absolute atomic E-state index is 0.431. The number of hydrogen-bond acceptors (Lipinski definition) is 6. The van der Waals surface area contributed by atoms with Crippen LogP contribution in [0.2, 0.25) is 0 Å². The number of aromatic nitrogens is 1. The summed E-state index contributed by atoms with van der Waals surface area (Å²) in [5, 5.41) is 14.5. The third-order valence-corrected chi connectivity index (χ3v) is 5.37. The molecule has 6 heteroatoms. The molecule has 0 radical (unpaired) electrons. The van der Waals surface area contributed by atoms with Crippen LogP contribution in [0.4, 0.5) is 0 Å². The molecule has 1 fully saturated rings. The zero-order chi connectivity index (χ0) is 20.8. The SMILES string of the molecule is COc1ccc2onc(/C(C#N)=C/c3ccc(OCCN4CCCCC4)cc3)c2c1. The highest BCUT2D eigenvalue weighted by atomic mass is 16.5. The average Bonchev–Trinajstić information content (AvgIpc) is 3.22. The van der Waals surface area contributed by atoms with Crippen LogP contribution < -0.4 is 9.47 Å². The molecule has 30 heavy (non-hydrogen) atoms. The first-order valence-electron chi connectivity index (χ1n) is 10.3. The molecular weight excluding hydrogens is 378 g/mol. The molecule has 0 saturated carbocycles. The first kappa shape index (κ1) is 20.0. The van der Waals surface area contributed by atoms with Gasteiger partial charge in [0.15, 0.2) is 5.58 Å². The van der Waals surface area contributed by atoms with Crippen LogP contribution in [0.25, 0.3) is 22.6 Å². The van der Waals surface area contributed by atoms with Gasteiger partial charge < -0.3 is 14.0 Å². The Hall–Kier alpha value is -3.30. The number of allylic oxidation sites excluding steroid dienone is 1. The molecule has 1 aliphatic heterocycles. The van der Waals surface area contributed by atoms with E-state index in [0.717, 1.165) is 23.2 Å². The van der Waals surface area contributed by atoms with Crippen molar-refractivity contribution in [3.8, 4) is 17.6 Å². The molecule has 0 spiro atoms. The fraction of sp³-hybridized carbons (Fsp3) is 0.333. The van der Waals surface area contributed by atoms with Crippen molar-refractivity contribution in [1.82, 2.24) is 10.1 Å². The second-order valence-corrected chi connectivity index (χ2v) is 7.38. The second-order valence-electron chi connectivity index (χ2n) is 7.38. The Balaban J connectivity index is 1.45. The molecule has 0 atom stereocenters. The van der Waals surface area contributed by atoms with E-state index in [2.05, 4.69) is 16.1 Å². The van der Waals surface area contributed by atoms with Crippen molar-refractivity contribution in [2.45, 2.75) is 19.3 Å². The van der Waals surface area contributed by atoms with Gasteiger partial charge in [0.1, 0.15) is 29.9 Å². The van der Waals surface area contributed by atoms with Crippen molar-refractivity contribution in [2.75, 3.05) is 33.4 Å². The van der Waals surface area contributed by atoms with Crippen molar-refractivity contribution in [2.24, 2.45) is 0 Å². The van der Waals surface area contributed by atoms with Crippen molar-refractivity contribution in [3.63, 3.8) is 0 Å². The van der Waals surface area contributed by atoms with Gasteiger partial charge in [-0.05, 0) is 67.9 Å². The summed E-state index contributed by atoms with van der Waals surface area (Å²) in [5.74, 6) is 1.52. The highest BCUT2D eigenvalue weighted by Gasteiger charge is 2.14. The molecule has 2 heterocycles. The maximum absolute atomic E-state index is 9.68. The van der Waals surface area contributed by atoms with Gasteiger partial charge in [-0.2, -0.15) is 5.26 Å². The number of rotatable bonds is 7. The third kappa shape index (κ3) is 4.64. The maximum atomic E-state index is 9.68. The van der Waals surface area contributed by atoms with Gasteiger partial charge in [0, 0.05) is 6.54 Å². The lowest BCUT2D eigenvalue weighted by atomic mass is 10.1. The van der Waals surface area contributed by atoms with Gasteiger partial charge in [-0.25, -0.2) is 0 Å². The summed E-state index contributed by atoms with van der Waals surface area (Å²) < 4.78 is 16.5. The summed E-state index contributed by atoms with van der Waals surface area (Å²) in [6.45, 7) is 3.99. The Morgan fingerprint density at radius 3 is 2.63 bits per heavy atom. The van der Waals surface area contributed by atoms with E-state index in [9.17, 15) is 5.26 Å². The minimum atomic E-state index is 0.431. The topological polar surface area (TPSA) is 71.5 Å². The van der Waals surface area contributed by atoms with E-state index in [1.54, 1.807) is 25.3 Å². The summed E-state index contributed by atoms with van der Waals surface area (Å²) in [7, 11) is 1.60. The number of methoxy groups -OCH3 is 1. The zero-order valence-electron chi connectivity index (χ0n) is 17.1. The van der Waals surface area contributed by atoms with E-state index in [-0.39, 0.29) is 0 Å². The van der Waals surface area contributed by atoms with E-state index in [4.69, 9.17) is 14.0 Å². The van der Waals surface area contributed by atoms with Crippen LogP contribution in [0.1, 0.15) is 30.5 Å². The fourth-order valence-corrected chi connectivity index (χ4v) is 3.70. The quantitative estimate of drug-likeness (QED) is 0.530. The number of benzene rings is 2. The number of fused-ring (bicyclic) bond motifs is 1. The Kier molecular flexibility index (Phi) is 6.31. The monoisotopic (exact) mass is 403 g/mol. The standard InChI is InChI=1S/C24H25N3O3/c1-28-21-9-10-23-22(16-21)24(26-30-23)19(17-25)15-18-5-7-20(8-6-18)29-14-13-27-11-3-2-4-12-27/h5-10,15-16H,2-4,11-14H2,1H3/b19-15+. The van der Waals surface area contributed by atoms with Crippen molar-refractivity contribution >= 4 is 22.6 Å². The number of ether oxygens (including phenoxy) is 2. The molecule has 1 saturated heterocycles. The van der Waals surface area contributed by atoms with Crippen LogP contribution in [0.3, 0.4) is 0 Å². The Bertz CT molecular complexity index is 1060. The van der Waals surface area contributed by atoms with Gasteiger partial charge in [0.2, 0.25) is 0 Å². The van der Waals surface area contributed by atoms with E-state index in [1.165, 1.54) is 32.4 Å². The number of nitriles is 1. The second kappa shape index (κ2) is 9.47. The number of nitrogens with zero attached hydrogens (tertiary/aromatic N) is 3. The molecule has 0 bridgehead atoms. The summed E-state index contributed by atoms with van der Waals surface area (Å²) in [6.07, 6.45) is 5.72. The molecule has 0 unspecified atom stereocenters. The molecule has 154 valence electrons. The lowest BCUT2D eigenvalue weighted by Crippen LogP contribution is -2.33. The van der Waals surface area contributed by atoms with Gasteiger partial charge in [-0.3, -0.25) is 4.90 Å². The molecule has 0 aliphatic carbocycles. The van der Waals surface area contributed by atoms with Crippen molar-refractivity contribution in [1.29, 1.82) is 5.26 Å². The predicted molar refractivity (Wildman–Crippen MR) is 116 cm³/mol. The first-order valence-corrected chi connectivity index (χ1v) is 10.3. The Morgan fingerprint density at radius 1 is 1.13 bits per heavy atom. The first-order chi connectivity index (χ1) is 14.8. The number of piperidine rings is 1. The van der Waals surface area contributed by atoms with Crippen LogP contribution in [-0.2, 0) is 0 Å². The number of likely N-dealkylation sites (tertiary alicyclic amines) is 1. The highest BCUT2D eigenvalue weighted by molar-refractivity contribution is 5.99. The maximum Gasteiger partial charge on any atom is 0.167 e. The average molecular weight is 403 g/mol. The summed E-state index contributed by atoms with van der Waals surface area (Å²) in [5.41, 5.74) is 2.45. The Morgan fingerprint density at radius 2 is 1.90 bits per heavy atom. The molecule has 0 N–H and O–H groups in total. The molecule has 1 aliphatic rings. The summed E-state index contributed by atoms with van der Waals surface area (Å²) in [6, 6.07) is 15.4. The summed E-state index contributed by atoms with van der Waals surface area (Å²) in [4.78, 5) is 2.46. The van der Waals surface area contributed by atoms with E-state index in [0.29, 0.717) is 29.2 Å². The molecular formula is C24H25N3O3. The van der Waals surface area contributed by atoms with Gasteiger partial charge in [-0.15, -0.1) is 0 Å². The summed E-state index contributed by atoms with van der Waals surface area (Å²) >= 11 is 0. The van der Waals surface area contributed by atoms with Crippen LogP contribution in [0.15, 0.2) is 47.0 Å². The van der Waals surface area contributed by atoms with Crippen LogP contribution in [0, 0.1) is 11.3 Å². The smallest absolute Gasteiger partial charge is 0.167 e. The van der Waals surface area contributed by atoms with Crippen molar-refractivity contribution < 1.29 is 14.0 Å². The largest absolute Gasteiger partial charge is 0.497 e. The Labute approximate surface area is 176 Å². The van der Waals surface area contributed by atoms with Crippen LogP contribution >= 0.6 is 0 Å². The lowest BCUT2D eigenvalue weighted by Gasteiger charge is -2.26. The normalized spacial score (nSPS) is 15.1. The third-order valence-electron chi connectivity index (χ3n) is 5.37. The van der Waals surface area contributed by atoms with E-state index < -0.39 is 0 Å². The van der Waals surface area contributed by atoms with Gasteiger partial charge in [0.25, 0.3) is 0 Å². The van der Waals surface area contributed by atoms with Gasteiger partial charge >= 0.3 is 0 Å². The molecule has 4 rings (SSSR count). The molecule has 6 nitrogen and oxygen atoms in total. The molecule has 2 aromatic carbocycles. The van der Waals surface area contributed by atoms with Crippen molar-refractivity contribution in [3.05, 3.63) is 53.7 Å². The fourth-order valence-electron chi connectivity index (χ4n) is 3.70. The highest BCUT2D eigenvalue weighted by Crippen LogP contribution is 2.29.